The molecule has 2 heterocycles. The highest BCUT2D eigenvalue weighted by molar-refractivity contribution is 5.81. The zero-order valence-electron chi connectivity index (χ0n) is 13.9. The Morgan fingerprint density at radius 3 is 2.71 bits per heavy atom. The van der Waals surface area contributed by atoms with Crippen molar-refractivity contribution in [3.05, 3.63) is 47.3 Å². The van der Waals surface area contributed by atoms with E-state index in [1.165, 1.54) is 12.1 Å². The third kappa shape index (κ3) is 3.46. The Morgan fingerprint density at radius 1 is 1.38 bits per heavy atom. The molecule has 0 bridgehead atoms. The van der Waals surface area contributed by atoms with E-state index in [0.29, 0.717) is 12.1 Å². The number of amides is 1. The lowest BCUT2D eigenvalue weighted by molar-refractivity contribution is -0.120. The van der Waals surface area contributed by atoms with E-state index in [9.17, 15) is 9.18 Å². The van der Waals surface area contributed by atoms with Crippen molar-refractivity contribution >= 4 is 5.91 Å². The normalized spacial score (nSPS) is 18.4. The van der Waals surface area contributed by atoms with Gasteiger partial charge in [0.1, 0.15) is 17.7 Å². The van der Waals surface area contributed by atoms with Crippen LogP contribution in [-0.4, -0.2) is 26.7 Å². The fourth-order valence-corrected chi connectivity index (χ4v) is 2.94. The summed E-state index contributed by atoms with van der Waals surface area (Å²) in [5, 5.41) is 7.82. The molecule has 3 rings (SSSR count). The van der Waals surface area contributed by atoms with Gasteiger partial charge in [-0.05, 0) is 24.1 Å². The first-order valence-corrected chi connectivity index (χ1v) is 8.18. The van der Waals surface area contributed by atoms with E-state index < -0.39 is 11.9 Å². The third-order valence-electron chi connectivity index (χ3n) is 4.28. The summed E-state index contributed by atoms with van der Waals surface area (Å²) in [6.45, 7) is 4.77. The molecule has 0 radical (unpaired) electrons. The van der Waals surface area contributed by atoms with E-state index >= 15 is 0 Å². The Kier molecular flexibility index (Phi) is 4.62. The maximum atomic E-state index is 13.1. The number of primary amides is 1. The van der Waals surface area contributed by atoms with Crippen LogP contribution in [0.15, 0.2) is 24.3 Å². The number of nitrogens with two attached hydrogens (primary N) is 1. The molecule has 6 nitrogen and oxygen atoms in total. The van der Waals surface area contributed by atoms with Gasteiger partial charge >= 0.3 is 0 Å². The Balaban J connectivity index is 1.74. The van der Waals surface area contributed by atoms with Gasteiger partial charge in [0.2, 0.25) is 5.91 Å². The molecule has 3 N–H and O–H groups in total. The van der Waals surface area contributed by atoms with E-state index in [1.54, 1.807) is 12.1 Å². The molecule has 0 aliphatic carbocycles. The first-order chi connectivity index (χ1) is 11.4. The molecule has 0 fully saturated rings. The molecule has 1 aliphatic heterocycles. The Bertz CT molecular complexity index is 725. The third-order valence-corrected chi connectivity index (χ3v) is 4.28. The number of carbonyl (C=O) groups excluding carboxylic acids is 1. The number of halogens is 1. The van der Waals surface area contributed by atoms with Crippen molar-refractivity contribution in [2.45, 2.75) is 51.2 Å². The molecule has 1 aromatic heterocycles. The van der Waals surface area contributed by atoms with Crippen LogP contribution in [0, 0.1) is 5.82 Å². The highest BCUT2D eigenvalue weighted by Gasteiger charge is 2.27. The number of hydrogen-bond acceptors (Lipinski definition) is 4. The molecule has 2 aromatic rings. The molecule has 0 saturated heterocycles. The van der Waals surface area contributed by atoms with E-state index in [1.807, 2.05) is 4.68 Å². The molecule has 7 heteroatoms. The van der Waals surface area contributed by atoms with Crippen LogP contribution < -0.4 is 11.1 Å². The Labute approximate surface area is 140 Å². The van der Waals surface area contributed by atoms with Crippen LogP contribution in [0.5, 0.6) is 0 Å². The van der Waals surface area contributed by atoms with Gasteiger partial charge in [0.15, 0.2) is 5.82 Å². The number of rotatable bonds is 5. The Hall–Kier alpha value is -2.28. The summed E-state index contributed by atoms with van der Waals surface area (Å²) in [6, 6.07) is 5.24. The molecule has 1 aromatic carbocycles. The van der Waals surface area contributed by atoms with Crippen LogP contribution in [0.1, 0.15) is 49.4 Å². The maximum absolute atomic E-state index is 13.1. The van der Waals surface area contributed by atoms with Gasteiger partial charge in [0.25, 0.3) is 0 Å². The van der Waals surface area contributed by atoms with E-state index in [2.05, 4.69) is 29.2 Å². The predicted octanol–water partition coefficient (Wildman–Crippen LogP) is 1.67. The molecule has 24 heavy (non-hydrogen) atoms. The van der Waals surface area contributed by atoms with E-state index in [0.717, 1.165) is 24.5 Å². The van der Waals surface area contributed by atoms with E-state index in [-0.39, 0.29) is 17.8 Å². The lowest BCUT2D eigenvalue weighted by atomic mass is 10.0. The number of nitrogens with one attached hydrogen (secondary N) is 1. The zero-order chi connectivity index (χ0) is 17.3. The lowest BCUT2D eigenvalue weighted by Gasteiger charge is -2.27. The summed E-state index contributed by atoms with van der Waals surface area (Å²) in [5.41, 5.74) is 6.20. The highest BCUT2D eigenvalue weighted by atomic mass is 19.1. The number of hydrogen-bond donors (Lipinski definition) is 2. The first-order valence-electron chi connectivity index (χ1n) is 8.18. The standard InChI is InChI=1S/C17H22FN5O/c1-10(2)17-21-14-8-7-13(9-23(14)22-17)20-15(16(19)24)11-3-5-12(18)6-4-11/h3-6,10,13,15,20H,7-9H2,1-2H3,(H2,19,24)/t13-,15-/m1/s1. The van der Waals surface area contributed by atoms with Gasteiger partial charge in [-0.2, -0.15) is 5.10 Å². The minimum absolute atomic E-state index is 0.0572. The highest BCUT2D eigenvalue weighted by Crippen LogP contribution is 2.20. The molecule has 128 valence electrons. The summed E-state index contributed by atoms with van der Waals surface area (Å²) in [6.07, 6.45) is 1.65. The van der Waals surface area contributed by atoms with Gasteiger partial charge < -0.3 is 5.73 Å². The second kappa shape index (κ2) is 6.68. The number of carbonyl (C=O) groups is 1. The summed E-state index contributed by atoms with van der Waals surface area (Å²) in [4.78, 5) is 16.4. The van der Waals surface area contributed by atoms with Crippen molar-refractivity contribution in [1.82, 2.24) is 20.1 Å². The molecule has 0 unspecified atom stereocenters. The summed E-state index contributed by atoms with van der Waals surface area (Å²) >= 11 is 0. The number of aryl methyl sites for hydroxylation is 1. The molecule has 1 aliphatic rings. The topological polar surface area (TPSA) is 85.8 Å². The second-order valence-corrected chi connectivity index (χ2v) is 6.51. The molecule has 0 spiro atoms. The summed E-state index contributed by atoms with van der Waals surface area (Å²) in [5.74, 6) is 1.29. The van der Waals surface area contributed by atoms with Crippen LogP contribution in [0.4, 0.5) is 4.39 Å². The van der Waals surface area contributed by atoms with Crippen LogP contribution in [-0.2, 0) is 17.8 Å². The summed E-state index contributed by atoms with van der Waals surface area (Å²) in [7, 11) is 0. The van der Waals surface area contributed by atoms with Crippen LogP contribution in [0.3, 0.4) is 0 Å². The number of fused-ring (bicyclic) bond motifs is 1. The molecular formula is C17H22FN5O. The van der Waals surface area contributed by atoms with Crippen LogP contribution >= 0.6 is 0 Å². The Morgan fingerprint density at radius 2 is 2.08 bits per heavy atom. The van der Waals surface area contributed by atoms with Crippen molar-refractivity contribution < 1.29 is 9.18 Å². The van der Waals surface area contributed by atoms with Crippen molar-refractivity contribution in [1.29, 1.82) is 0 Å². The zero-order valence-corrected chi connectivity index (χ0v) is 13.9. The second-order valence-electron chi connectivity index (χ2n) is 6.51. The SMILES string of the molecule is CC(C)c1nc2n(n1)C[C@H](N[C@@H](C(N)=O)c1ccc(F)cc1)CC2. The largest absolute Gasteiger partial charge is 0.368 e. The summed E-state index contributed by atoms with van der Waals surface area (Å²) < 4.78 is 15.0. The van der Waals surface area contributed by atoms with Crippen LogP contribution in [0.2, 0.25) is 0 Å². The average Bonchev–Trinajstić information content (AvgIpc) is 2.97. The fraction of sp³-hybridized carbons (Fsp3) is 0.471. The van der Waals surface area contributed by atoms with Gasteiger partial charge in [-0.15, -0.1) is 0 Å². The quantitative estimate of drug-likeness (QED) is 0.873. The van der Waals surface area contributed by atoms with Crippen molar-refractivity contribution in [2.75, 3.05) is 0 Å². The fourth-order valence-electron chi connectivity index (χ4n) is 2.94. The predicted molar refractivity (Wildman–Crippen MR) is 87.7 cm³/mol. The molecule has 1 amide bonds. The van der Waals surface area contributed by atoms with E-state index in [4.69, 9.17) is 5.73 Å². The van der Waals surface area contributed by atoms with Crippen molar-refractivity contribution in [3.63, 3.8) is 0 Å². The molecular weight excluding hydrogens is 309 g/mol. The van der Waals surface area contributed by atoms with Gasteiger partial charge in [0.05, 0.1) is 6.54 Å². The lowest BCUT2D eigenvalue weighted by Crippen LogP contribution is -2.44. The van der Waals surface area contributed by atoms with Crippen molar-refractivity contribution in [3.8, 4) is 0 Å². The number of benzene rings is 1. The van der Waals surface area contributed by atoms with Gasteiger partial charge in [0, 0.05) is 18.4 Å². The maximum Gasteiger partial charge on any atom is 0.239 e. The minimum atomic E-state index is -0.648. The average molecular weight is 331 g/mol. The van der Waals surface area contributed by atoms with Crippen LogP contribution in [0.25, 0.3) is 0 Å². The number of nitrogens with zero attached hydrogens (tertiary/aromatic N) is 3. The van der Waals surface area contributed by atoms with Gasteiger partial charge in [-0.1, -0.05) is 26.0 Å². The first kappa shape index (κ1) is 16.6. The number of aromatic nitrogens is 3. The monoisotopic (exact) mass is 331 g/mol. The van der Waals surface area contributed by atoms with Gasteiger partial charge in [-0.3, -0.25) is 10.1 Å². The van der Waals surface area contributed by atoms with Gasteiger partial charge in [-0.25, -0.2) is 14.1 Å². The molecule has 0 saturated carbocycles. The van der Waals surface area contributed by atoms with Crippen molar-refractivity contribution in [2.24, 2.45) is 5.73 Å². The molecule has 2 atom stereocenters. The smallest absolute Gasteiger partial charge is 0.239 e. The minimum Gasteiger partial charge on any atom is -0.368 e.